The van der Waals surface area contributed by atoms with Crippen LogP contribution in [-0.4, -0.2) is 30.7 Å². The summed E-state index contributed by atoms with van der Waals surface area (Å²) in [5.41, 5.74) is 4.61. The second kappa shape index (κ2) is 7.10. The Kier molecular flexibility index (Phi) is 4.17. The van der Waals surface area contributed by atoms with Crippen LogP contribution in [-0.2, 0) is 13.6 Å². The Balaban J connectivity index is 1.48. The third kappa shape index (κ3) is 2.80. The zero-order valence-corrected chi connectivity index (χ0v) is 18.2. The topological polar surface area (TPSA) is 69.8 Å². The van der Waals surface area contributed by atoms with E-state index in [0.717, 1.165) is 39.0 Å². The van der Waals surface area contributed by atoms with Gasteiger partial charge in [-0.2, -0.15) is 0 Å². The molecule has 3 heterocycles. The number of ketones is 2. The number of carbonyl (C=O) groups is 2. The molecule has 0 atom stereocenters. The van der Waals surface area contributed by atoms with Crippen molar-refractivity contribution in [2.24, 2.45) is 7.05 Å². The van der Waals surface area contributed by atoms with Crippen LogP contribution in [0.5, 0.6) is 0 Å². The summed E-state index contributed by atoms with van der Waals surface area (Å²) < 4.78 is 4.04. The van der Waals surface area contributed by atoms with Crippen LogP contribution in [0.3, 0.4) is 0 Å². The van der Waals surface area contributed by atoms with Crippen molar-refractivity contribution in [3.05, 3.63) is 89.4 Å². The molecular weight excluding hydrogens is 412 g/mol. The molecule has 3 aromatic heterocycles. The van der Waals surface area contributed by atoms with Gasteiger partial charge in [0, 0.05) is 48.4 Å². The van der Waals surface area contributed by atoms with Gasteiger partial charge in [0.1, 0.15) is 5.82 Å². The van der Waals surface area contributed by atoms with Crippen molar-refractivity contribution in [3.8, 4) is 11.4 Å². The minimum absolute atomic E-state index is 0.199. The summed E-state index contributed by atoms with van der Waals surface area (Å²) >= 11 is 0. The SMILES string of the molecule is CCn1c(C=C2C(=O)c3cc4ccccc4cc3C2=O)cc2c1nc(-c1cccnc1)n2C. The number of hydrogen-bond acceptors (Lipinski definition) is 4. The predicted octanol–water partition coefficient (Wildman–Crippen LogP) is 5.07. The average Bonchev–Trinajstić information content (AvgIpc) is 3.43. The maximum Gasteiger partial charge on any atom is 0.197 e. The Morgan fingerprint density at radius 2 is 1.64 bits per heavy atom. The van der Waals surface area contributed by atoms with Gasteiger partial charge in [-0.15, -0.1) is 0 Å². The van der Waals surface area contributed by atoms with E-state index in [4.69, 9.17) is 4.98 Å². The number of benzene rings is 2. The summed E-state index contributed by atoms with van der Waals surface area (Å²) in [4.78, 5) is 35.4. The van der Waals surface area contributed by atoms with E-state index >= 15 is 0 Å². The molecule has 0 spiro atoms. The predicted molar refractivity (Wildman–Crippen MR) is 128 cm³/mol. The van der Waals surface area contributed by atoms with Gasteiger partial charge in [-0.25, -0.2) is 4.98 Å². The molecule has 6 nitrogen and oxygen atoms in total. The number of hydrogen-bond donors (Lipinski definition) is 0. The molecule has 0 N–H and O–H groups in total. The van der Waals surface area contributed by atoms with Crippen LogP contribution in [0.15, 0.2) is 72.6 Å². The molecule has 0 saturated carbocycles. The fraction of sp³-hybridized carbons (Fsp3) is 0.111. The Morgan fingerprint density at radius 1 is 0.939 bits per heavy atom. The lowest BCUT2D eigenvalue weighted by Crippen LogP contribution is -2.03. The Hall–Kier alpha value is -4.32. The van der Waals surface area contributed by atoms with Gasteiger partial charge in [0.2, 0.25) is 0 Å². The van der Waals surface area contributed by atoms with Crippen LogP contribution in [0, 0.1) is 0 Å². The van der Waals surface area contributed by atoms with Crippen molar-refractivity contribution < 1.29 is 9.59 Å². The number of carbonyl (C=O) groups excluding carboxylic acids is 2. The van der Waals surface area contributed by atoms with E-state index in [1.54, 1.807) is 18.5 Å². The molecule has 0 amide bonds. The molecule has 2 aromatic carbocycles. The number of imidazole rings is 1. The van der Waals surface area contributed by atoms with E-state index in [9.17, 15) is 9.59 Å². The van der Waals surface area contributed by atoms with Crippen molar-refractivity contribution in [3.63, 3.8) is 0 Å². The molecular formula is C27H20N4O2. The number of aryl methyl sites for hydroxylation is 2. The number of rotatable bonds is 3. The van der Waals surface area contributed by atoms with Crippen LogP contribution < -0.4 is 0 Å². The molecule has 6 heteroatoms. The molecule has 33 heavy (non-hydrogen) atoms. The largest absolute Gasteiger partial charge is 0.326 e. The monoisotopic (exact) mass is 432 g/mol. The highest BCUT2D eigenvalue weighted by atomic mass is 16.2. The average molecular weight is 432 g/mol. The lowest BCUT2D eigenvalue weighted by Gasteiger charge is -2.04. The first-order chi connectivity index (χ1) is 16.1. The summed E-state index contributed by atoms with van der Waals surface area (Å²) in [5.74, 6) is 0.372. The van der Waals surface area contributed by atoms with Crippen LogP contribution in [0.25, 0.3) is 39.4 Å². The Labute approximate surface area is 189 Å². The van der Waals surface area contributed by atoms with Gasteiger partial charge in [-0.3, -0.25) is 14.6 Å². The van der Waals surface area contributed by atoms with Crippen molar-refractivity contribution in [1.82, 2.24) is 19.1 Å². The van der Waals surface area contributed by atoms with Gasteiger partial charge >= 0.3 is 0 Å². The lowest BCUT2D eigenvalue weighted by molar-refractivity contribution is 0.0990. The smallest absolute Gasteiger partial charge is 0.197 e. The highest BCUT2D eigenvalue weighted by molar-refractivity contribution is 6.42. The summed E-state index contributed by atoms with van der Waals surface area (Å²) in [6, 6.07) is 17.3. The Bertz CT molecular complexity index is 1580. The van der Waals surface area contributed by atoms with E-state index < -0.39 is 0 Å². The second-order valence-corrected chi connectivity index (χ2v) is 8.22. The zero-order chi connectivity index (χ0) is 22.7. The number of Topliss-reactive ketones (excluding diaryl/α,β-unsaturated/α-hetero) is 2. The first kappa shape index (κ1) is 19.4. The highest BCUT2D eigenvalue weighted by Crippen LogP contribution is 2.33. The van der Waals surface area contributed by atoms with E-state index in [1.165, 1.54) is 0 Å². The maximum atomic E-state index is 13.2. The number of allylic oxidation sites excluding steroid dienone is 1. The second-order valence-electron chi connectivity index (χ2n) is 8.22. The van der Waals surface area contributed by atoms with Gasteiger partial charge in [0.25, 0.3) is 0 Å². The number of nitrogens with zero attached hydrogens (tertiary/aromatic N) is 4. The molecule has 0 aliphatic heterocycles. The van der Waals surface area contributed by atoms with Gasteiger partial charge in [0.15, 0.2) is 17.2 Å². The molecule has 160 valence electrons. The standard InChI is InChI=1S/C27H20N4O2/c1-3-31-19(14-23-27(31)29-26(30(23)2)18-9-6-10-28-15-18)13-22-24(32)20-11-16-7-4-5-8-17(16)12-21(20)25(22)33/h4-15H,3H2,1-2H3. The van der Waals surface area contributed by atoms with Crippen molar-refractivity contribution in [2.45, 2.75) is 13.5 Å². The number of aromatic nitrogens is 4. The minimum Gasteiger partial charge on any atom is -0.326 e. The molecule has 0 unspecified atom stereocenters. The molecule has 0 saturated heterocycles. The highest BCUT2D eigenvalue weighted by Gasteiger charge is 2.34. The van der Waals surface area contributed by atoms with Crippen molar-refractivity contribution in [2.75, 3.05) is 0 Å². The fourth-order valence-electron chi connectivity index (χ4n) is 4.69. The van der Waals surface area contributed by atoms with Crippen molar-refractivity contribution >= 4 is 39.6 Å². The molecule has 0 fully saturated rings. The van der Waals surface area contributed by atoms with E-state index in [1.807, 2.05) is 77.7 Å². The first-order valence-corrected chi connectivity index (χ1v) is 10.9. The molecule has 0 bridgehead atoms. The van der Waals surface area contributed by atoms with E-state index in [-0.39, 0.29) is 17.1 Å². The van der Waals surface area contributed by atoms with Crippen LogP contribution in [0.4, 0.5) is 0 Å². The van der Waals surface area contributed by atoms with Gasteiger partial charge < -0.3 is 9.13 Å². The van der Waals surface area contributed by atoms with Crippen LogP contribution in [0.2, 0.25) is 0 Å². The molecule has 1 aliphatic rings. The normalized spacial score (nSPS) is 13.3. The fourth-order valence-corrected chi connectivity index (χ4v) is 4.69. The zero-order valence-electron chi connectivity index (χ0n) is 18.2. The summed E-state index contributed by atoms with van der Waals surface area (Å²) in [5, 5.41) is 1.90. The van der Waals surface area contributed by atoms with Crippen molar-refractivity contribution in [1.29, 1.82) is 0 Å². The molecule has 5 aromatic rings. The van der Waals surface area contributed by atoms with E-state index in [2.05, 4.69) is 4.98 Å². The maximum absolute atomic E-state index is 13.2. The van der Waals surface area contributed by atoms with E-state index in [0.29, 0.717) is 17.7 Å². The first-order valence-electron chi connectivity index (χ1n) is 10.9. The molecule has 1 aliphatic carbocycles. The Morgan fingerprint density at radius 3 is 2.24 bits per heavy atom. The van der Waals surface area contributed by atoms with Gasteiger partial charge in [-0.05, 0) is 54.1 Å². The number of pyridine rings is 1. The lowest BCUT2D eigenvalue weighted by atomic mass is 10.0. The summed E-state index contributed by atoms with van der Waals surface area (Å²) in [6.45, 7) is 2.69. The number of fused-ring (bicyclic) bond motifs is 3. The summed E-state index contributed by atoms with van der Waals surface area (Å²) in [6.07, 6.45) is 5.24. The van der Waals surface area contributed by atoms with Crippen LogP contribution >= 0.6 is 0 Å². The minimum atomic E-state index is -0.224. The third-order valence-electron chi connectivity index (χ3n) is 6.36. The van der Waals surface area contributed by atoms with Crippen LogP contribution in [0.1, 0.15) is 33.3 Å². The van der Waals surface area contributed by atoms with Gasteiger partial charge in [0.05, 0.1) is 11.1 Å². The third-order valence-corrected chi connectivity index (χ3v) is 6.36. The molecule has 6 rings (SSSR count). The van der Waals surface area contributed by atoms with Gasteiger partial charge in [-0.1, -0.05) is 24.3 Å². The summed E-state index contributed by atoms with van der Waals surface area (Å²) in [7, 11) is 1.96. The molecule has 0 radical (unpaired) electrons. The quantitative estimate of drug-likeness (QED) is 0.295.